The predicted octanol–water partition coefficient (Wildman–Crippen LogP) is -0.193. The highest BCUT2D eigenvalue weighted by molar-refractivity contribution is 5.85. The lowest BCUT2D eigenvalue weighted by molar-refractivity contribution is -0.375. The summed E-state index contributed by atoms with van der Waals surface area (Å²) < 4.78 is 23.1. The first kappa shape index (κ1) is 40.1. The molecule has 264 valence electrons. The Balaban J connectivity index is 2.06. The van der Waals surface area contributed by atoms with Crippen molar-refractivity contribution < 1.29 is 69.7 Å². The van der Waals surface area contributed by atoms with Crippen LogP contribution < -0.4 is 0 Å². The zero-order valence-electron chi connectivity index (χ0n) is 26.9. The van der Waals surface area contributed by atoms with Crippen molar-refractivity contribution in [3.05, 3.63) is 47.6 Å². The molecule has 2 fully saturated rings. The lowest BCUT2D eigenvalue weighted by Crippen LogP contribution is -2.65. The molecule has 0 saturated carbocycles. The highest BCUT2D eigenvalue weighted by atomic mass is 16.8. The zero-order valence-corrected chi connectivity index (χ0v) is 26.9. The summed E-state index contributed by atoms with van der Waals surface area (Å²) in [5.41, 5.74) is 1.05. The van der Waals surface area contributed by atoms with Crippen molar-refractivity contribution in [3.8, 4) is 0 Å². The third-order valence-electron chi connectivity index (χ3n) is 8.26. The van der Waals surface area contributed by atoms with E-state index in [2.05, 4.69) is 6.58 Å². The van der Waals surface area contributed by atoms with Crippen molar-refractivity contribution >= 4 is 5.97 Å². The van der Waals surface area contributed by atoms with E-state index in [1.165, 1.54) is 19.1 Å². The maximum atomic E-state index is 10.9. The molecule has 0 aromatic rings. The van der Waals surface area contributed by atoms with Gasteiger partial charge in [-0.25, -0.2) is 4.79 Å². The Labute approximate surface area is 269 Å². The third-order valence-corrected chi connectivity index (χ3v) is 8.26. The first-order valence-electron chi connectivity index (χ1n) is 15.4. The van der Waals surface area contributed by atoms with Crippen molar-refractivity contribution in [2.45, 2.75) is 133 Å². The minimum absolute atomic E-state index is 0.0865. The van der Waals surface area contributed by atoms with Crippen LogP contribution in [0.15, 0.2) is 47.6 Å². The highest BCUT2D eigenvalue weighted by Crippen LogP contribution is 2.33. The Bertz CT molecular complexity index is 1070. The predicted molar refractivity (Wildman–Crippen MR) is 164 cm³/mol. The summed E-state index contributed by atoms with van der Waals surface area (Å²) in [6, 6.07) is 0. The van der Waals surface area contributed by atoms with Crippen LogP contribution in [0.25, 0.3) is 0 Å². The Kier molecular flexibility index (Phi) is 16.1. The Morgan fingerprint density at radius 3 is 2.00 bits per heavy atom. The number of carboxylic acid groups (broad SMARTS) is 1. The molecule has 0 aromatic heterocycles. The molecule has 2 aliphatic heterocycles. The molecule has 2 rings (SSSR count). The van der Waals surface area contributed by atoms with Gasteiger partial charge in [0.15, 0.2) is 12.6 Å². The van der Waals surface area contributed by atoms with Gasteiger partial charge in [-0.15, -0.1) is 6.58 Å². The van der Waals surface area contributed by atoms with E-state index in [0.29, 0.717) is 25.7 Å². The minimum Gasteiger partial charge on any atom is -0.478 e. The summed E-state index contributed by atoms with van der Waals surface area (Å²) >= 11 is 0. The molecule has 2 saturated heterocycles. The Hall–Kier alpha value is -2.05. The molecular weight excluding hydrogens is 608 g/mol. The van der Waals surface area contributed by atoms with Crippen LogP contribution in [0.1, 0.15) is 59.8 Å². The van der Waals surface area contributed by atoms with E-state index in [9.17, 15) is 45.6 Å². The number of aliphatic hydroxyl groups excluding tert-OH is 8. The molecule has 46 heavy (non-hydrogen) atoms. The number of hydrogen-bond acceptors (Lipinski definition) is 13. The lowest BCUT2D eigenvalue weighted by Gasteiger charge is -2.47. The van der Waals surface area contributed by atoms with Crippen molar-refractivity contribution in [3.63, 3.8) is 0 Å². The summed E-state index contributed by atoms with van der Waals surface area (Å²) in [5, 5.41) is 90.3. The lowest BCUT2D eigenvalue weighted by atomic mass is 9.95. The molecule has 14 nitrogen and oxygen atoms in total. The van der Waals surface area contributed by atoms with Gasteiger partial charge in [-0.1, -0.05) is 29.4 Å². The normalized spacial score (nSPS) is 35.0. The first-order valence-corrected chi connectivity index (χ1v) is 15.4. The average molecular weight is 661 g/mol. The number of aliphatic hydroxyl groups is 8. The SMILES string of the molecule is C=C[C@@](C)(CC/C=C(\C)CC/C=C(\C)C[C@@H](O)/C=C(\C)C(=O)O)O[C@@H]1O[C@H](CO)[C@@H](O)[C@H](O)[C@H]1O[C@@H]1O[C@H](CO)[C@@H](O)[C@H](O)[C@H]1O. The van der Waals surface area contributed by atoms with Gasteiger partial charge in [0, 0.05) is 5.57 Å². The van der Waals surface area contributed by atoms with Gasteiger partial charge in [-0.3, -0.25) is 0 Å². The molecule has 0 aromatic carbocycles. The second-order valence-electron chi connectivity index (χ2n) is 12.2. The van der Waals surface area contributed by atoms with E-state index < -0.39 is 92.3 Å². The van der Waals surface area contributed by atoms with Crippen LogP contribution >= 0.6 is 0 Å². The number of ether oxygens (including phenoxy) is 4. The average Bonchev–Trinajstić information content (AvgIpc) is 3.00. The first-order chi connectivity index (χ1) is 21.6. The van der Waals surface area contributed by atoms with Gasteiger partial charge in [-0.2, -0.15) is 0 Å². The van der Waals surface area contributed by atoms with Crippen molar-refractivity contribution in [2.24, 2.45) is 0 Å². The summed E-state index contributed by atoms with van der Waals surface area (Å²) in [6.07, 6.45) is -6.76. The molecule has 0 radical (unpaired) electrons. The van der Waals surface area contributed by atoms with Gasteiger partial charge >= 0.3 is 5.97 Å². The van der Waals surface area contributed by atoms with Crippen LogP contribution in [0, 0.1) is 0 Å². The molecule has 0 amide bonds. The molecule has 2 aliphatic rings. The number of hydrogen-bond donors (Lipinski definition) is 9. The molecule has 0 aliphatic carbocycles. The van der Waals surface area contributed by atoms with Crippen LogP contribution in [-0.4, -0.2) is 138 Å². The summed E-state index contributed by atoms with van der Waals surface area (Å²) in [6.45, 7) is 9.51. The van der Waals surface area contributed by atoms with Crippen molar-refractivity contribution in [2.75, 3.05) is 13.2 Å². The second kappa shape index (κ2) is 18.5. The van der Waals surface area contributed by atoms with E-state index in [0.717, 1.165) is 17.6 Å². The largest absolute Gasteiger partial charge is 0.478 e. The molecule has 2 heterocycles. The van der Waals surface area contributed by atoms with Gasteiger partial charge in [0.05, 0.1) is 24.9 Å². The number of rotatable bonds is 17. The maximum absolute atomic E-state index is 10.9. The van der Waals surface area contributed by atoms with Gasteiger partial charge in [-0.05, 0) is 65.9 Å². The van der Waals surface area contributed by atoms with E-state index in [1.807, 2.05) is 26.0 Å². The highest BCUT2D eigenvalue weighted by Gasteiger charge is 2.51. The number of aliphatic carboxylic acids is 1. The summed E-state index contributed by atoms with van der Waals surface area (Å²) in [7, 11) is 0. The number of carboxylic acids is 1. The van der Waals surface area contributed by atoms with Crippen LogP contribution in [0.3, 0.4) is 0 Å². The minimum atomic E-state index is -1.78. The second-order valence-corrected chi connectivity index (χ2v) is 12.2. The zero-order chi connectivity index (χ0) is 34.8. The van der Waals surface area contributed by atoms with Crippen LogP contribution in [0.4, 0.5) is 0 Å². The summed E-state index contributed by atoms with van der Waals surface area (Å²) in [5.74, 6) is -1.07. The molecule has 9 N–H and O–H groups in total. The van der Waals surface area contributed by atoms with Gasteiger partial charge in [0.1, 0.15) is 48.8 Å². The van der Waals surface area contributed by atoms with E-state index in [-0.39, 0.29) is 5.57 Å². The molecular formula is C32H52O14. The van der Waals surface area contributed by atoms with E-state index in [1.54, 1.807) is 6.92 Å². The molecule has 12 atom stereocenters. The standard InChI is InChI=1S/C32H52O14/c1-6-32(5,12-8-11-17(2)9-7-10-18(3)13-20(35)14-19(4)29(41)42)46-31-28(26(39)24(37)22(16-34)44-31)45-30-27(40)25(38)23(36)21(15-33)43-30/h6,10-11,14,20-28,30-31,33-40H,1,7-9,12-13,15-16H2,2-5H3,(H,41,42)/b17-11+,18-10+,19-14+/t20-,21-,22-,23-,24-,25+,26+,27-,28-,30+,31+,32+/m1/s1. The number of carbonyl (C=O) groups is 1. The maximum Gasteiger partial charge on any atom is 0.331 e. The Morgan fingerprint density at radius 1 is 0.870 bits per heavy atom. The quantitative estimate of drug-likeness (QED) is 0.0727. The topological polar surface area (TPSA) is 236 Å². The van der Waals surface area contributed by atoms with E-state index in [4.69, 9.17) is 24.1 Å². The fourth-order valence-electron chi connectivity index (χ4n) is 5.19. The third kappa shape index (κ3) is 11.3. The monoisotopic (exact) mass is 660 g/mol. The van der Waals surface area contributed by atoms with Gasteiger partial charge < -0.3 is 64.9 Å². The van der Waals surface area contributed by atoms with Crippen molar-refractivity contribution in [1.29, 1.82) is 0 Å². The number of allylic oxidation sites excluding steroid dienone is 3. The Morgan fingerprint density at radius 2 is 1.43 bits per heavy atom. The van der Waals surface area contributed by atoms with Crippen LogP contribution in [0.5, 0.6) is 0 Å². The summed E-state index contributed by atoms with van der Waals surface area (Å²) in [4.78, 5) is 10.9. The molecule has 0 bridgehead atoms. The van der Waals surface area contributed by atoms with Gasteiger partial charge in [0.25, 0.3) is 0 Å². The van der Waals surface area contributed by atoms with Crippen molar-refractivity contribution in [1.82, 2.24) is 0 Å². The van der Waals surface area contributed by atoms with Gasteiger partial charge in [0.2, 0.25) is 0 Å². The fourth-order valence-corrected chi connectivity index (χ4v) is 5.19. The van der Waals surface area contributed by atoms with E-state index >= 15 is 0 Å². The molecule has 0 unspecified atom stereocenters. The fraction of sp³-hybridized carbons (Fsp3) is 0.719. The molecule has 14 heteroatoms. The smallest absolute Gasteiger partial charge is 0.331 e. The van der Waals surface area contributed by atoms with Crippen LogP contribution in [-0.2, 0) is 23.7 Å². The molecule has 0 spiro atoms. The van der Waals surface area contributed by atoms with Crippen LogP contribution in [0.2, 0.25) is 0 Å².